The highest BCUT2D eigenvalue weighted by Gasteiger charge is 2.65. The molecule has 0 aliphatic heterocycles. The van der Waals surface area contributed by atoms with Crippen LogP contribution < -0.4 is 4.90 Å². The summed E-state index contributed by atoms with van der Waals surface area (Å²) in [6, 6.07) is 8.41. The summed E-state index contributed by atoms with van der Waals surface area (Å²) in [4.78, 5) is 27.9. The Kier molecular flexibility index (Phi) is 6.65. The van der Waals surface area contributed by atoms with Crippen LogP contribution in [0.1, 0.15) is 76.7 Å². The van der Waals surface area contributed by atoms with Gasteiger partial charge in [0.1, 0.15) is 0 Å². The van der Waals surface area contributed by atoms with Gasteiger partial charge in [-0.15, -0.1) is 0 Å². The predicted octanol–water partition coefficient (Wildman–Crippen LogP) is 7.18. The Labute approximate surface area is 223 Å². The molecular weight excluding hydrogens is 487 g/mol. The van der Waals surface area contributed by atoms with Crippen LogP contribution in [0.3, 0.4) is 0 Å². The Hall–Kier alpha value is -2.81. The normalized spacial score (nSPS) is 32.4. The third-order valence-electron chi connectivity index (χ3n) is 9.96. The van der Waals surface area contributed by atoms with Crippen LogP contribution in [-0.4, -0.2) is 31.8 Å². The molecule has 0 heterocycles. The highest BCUT2D eigenvalue weighted by Crippen LogP contribution is 2.69. The summed E-state index contributed by atoms with van der Waals surface area (Å²) in [6.07, 6.45) is 1.87. The van der Waals surface area contributed by atoms with E-state index in [-0.39, 0.29) is 35.7 Å². The number of ketones is 2. The molecule has 3 nitrogen and oxygen atoms in total. The van der Waals surface area contributed by atoms with E-state index >= 15 is 0 Å². The topological polar surface area (TPSA) is 37.4 Å². The van der Waals surface area contributed by atoms with E-state index in [9.17, 15) is 22.8 Å². The van der Waals surface area contributed by atoms with Gasteiger partial charge in [0.15, 0.2) is 11.6 Å². The Morgan fingerprint density at radius 1 is 1.11 bits per heavy atom. The molecule has 4 aliphatic carbocycles. The zero-order valence-electron chi connectivity index (χ0n) is 22.7. The lowest BCUT2D eigenvalue weighted by Crippen LogP contribution is -2.50. The summed E-state index contributed by atoms with van der Waals surface area (Å²) >= 11 is 0. The second-order valence-electron chi connectivity index (χ2n) is 12.0. The Morgan fingerprint density at radius 3 is 2.45 bits per heavy atom. The lowest BCUT2D eigenvalue weighted by molar-refractivity contribution is -0.132. The lowest BCUT2D eigenvalue weighted by Gasteiger charge is -2.54. The van der Waals surface area contributed by atoms with Crippen LogP contribution in [0.4, 0.5) is 18.9 Å². The number of halogens is 3. The molecule has 0 amide bonds. The summed E-state index contributed by atoms with van der Waals surface area (Å²) in [5, 5.41) is 0. The van der Waals surface area contributed by atoms with Crippen molar-refractivity contribution in [3.05, 3.63) is 52.6 Å². The van der Waals surface area contributed by atoms with E-state index in [1.807, 2.05) is 32.0 Å². The van der Waals surface area contributed by atoms with E-state index in [1.54, 1.807) is 6.92 Å². The number of benzene rings is 1. The van der Waals surface area contributed by atoms with Crippen molar-refractivity contribution in [3.63, 3.8) is 0 Å². The van der Waals surface area contributed by atoms with Crippen molar-refractivity contribution in [3.8, 4) is 11.8 Å². The average molecular weight is 524 g/mol. The van der Waals surface area contributed by atoms with Crippen LogP contribution in [0.25, 0.3) is 0 Å². The van der Waals surface area contributed by atoms with Crippen molar-refractivity contribution in [2.45, 2.75) is 77.3 Å². The number of carbonyl (C=O) groups is 2. The van der Waals surface area contributed by atoms with E-state index in [0.29, 0.717) is 25.7 Å². The number of rotatable bonds is 4. The first kappa shape index (κ1) is 26.8. The zero-order valence-corrected chi connectivity index (χ0v) is 22.7. The highest BCUT2D eigenvalue weighted by atomic mass is 19.4. The number of alkyl halides is 3. The minimum atomic E-state index is -4.64. The fourth-order valence-corrected chi connectivity index (χ4v) is 8.20. The molecule has 6 heteroatoms. The first-order chi connectivity index (χ1) is 17.9. The highest BCUT2D eigenvalue weighted by molar-refractivity contribution is 5.93. The van der Waals surface area contributed by atoms with E-state index in [1.165, 1.54) is 17.1 Å². The molecule has 4 aliphatic rings. The van der Waals surface area contributed by atoms with E-state index in [0.717, 1.165) is 36.1 Å². The summed E-state index contributed by atoms with van der Waals surface area (Å²) in [5.74, 6) is 4.35. The van der Waals surface area contributed by atoms with Gasteiger partial charge >= 0.3 is 6.18 Å². The zero-order chi connectivity index (χ0) is 27.5. The van der Waals surface area contributed by atoms with Crippen molar-refractivity contribution in [1.29, 1.82) is 0 Å². The van der Waals surface area contributed by atoms with E-state index in [4.69, 9.17) is 0 Å². The number of hydrogen-bond acceptors (Lipinski definition) is 3. The van der Waals surface area contributed by atoms with Gasteiger partial charge in [0, 0.05) is 44.5 Å². The quantitative estimate of drug-likeness (QED) is 0.392. The van der Waals surface area contributed by atoms with Gasteiger partial charge in [-0.1, -0.05) is 37.5 Å². The van der Waals surface area contributed by atoms with Gasteiger partial charge < -0.3 is 4.90 Å². The minimum Gasteiger partial charge on any atom is -0.378 e. The van der Waals surface area contributed by atoms with Crippen molar-refractivity contribution in [2.24, 2.45) is 22.7 Å². The van der Waals surface area contributed by atoms with Gasteiger partial charge in [0.25, 0.3) is 0 Å². The predicted molar refractivity (Wildman–Crippen MR) is 143 cm³/mol. The van der Waals surface area contributed by atoms with Crippen LogP contribution in [0, 0.1) is 34.5 Å². The Balaban J connectivity index is 1.70. The third-order valence-corrected chi connectivity index (χ3v) is 9.96. The smallest absolute Gasteiger partial charge is 0.378 e. The van der Waals surface area contributed by atoms with Gasteiger partial charge in [0.05, 0.1) is 5.41 Å². The Bertz CT molecular complexity index is 1280. The minimum absolute atomic E-state index is 0.0285. The van der Waals surface area contributed by atoms with Gasteiger partial charge in [-0.2, -0.15) is 13.2 Å². The maximum Gasteiger partial charge on any atom is 0.457 e. The summed E-state index contributed by atoms with van der Waals surface area (Å²) in [6.45, 7) is 3.78. The average Bonchev–Trinajstić information content (AvgIpc) is 3.18. The Morgan fingerprint density at radius 2 is 1.82 bits per heavy atom. The molecule has 0 radical (unpaired) electrons. The number of fused-ring (bicyclic) bond motifs is 4. The fourth-order valence-electron chi connectivity index (χ4n) is 8.20. The molecule has 0 spiro atoms. The summed E-state index contributed by atoms with van der Waals surface area (Å²) < 4.78 is 40.2. The fraction of sp³-hybridized carbons (Fsp3) is 0.562. The van der Waals surface area contributed by atoms with E-state index in [2.05, 4.69) is 30.2 Å². The van der Waals surface area contributed by atoms with Crippen LogP contribution in [0.2, 0.25) is 0 Å². The monoisotopic (exact) mass is 523 g/mol. The summed E-state index contributed by atoms with van der Waals surface area (Å²) in [5.41, 5.74) is 3.99. The molecule has 202 valence electrons. The second-order valence-corrected chi connectivity index (χ2v) is 12.0. The van der Waals surface area contributed by atoms with Crippen LogP contribution in [0.5, 0.6) is 0 Å². The molecule has 5 atom stereocenters. The van der Waals surface area contributed by atoms with E-state index < -0.39 is 17.0 Å². The second kappa shape index (κ2) is 9.43. The maximum atomic E-state index is 13.6. The number of hydrogen-bond donors (Lipinski definition) is 0. The third kappa shape index (κ3) is 4.23. The van der Waals surface area contributed by atoms with Crippen LogP contribution >= 0.6 is 0 Å². The van der Waals surface area contributed by atoms with Gasteiger partial charge in [-0.3, -0.25) is 9.59 Å². The molecule has 38 heavy (non-hydrogen) atoms. The molecule has 2 saturated carbocycles. The number of allylic oxidation sites excluding steroid dienone is 4. The van der Waals surface area contributed by atoms with Crippen LogP contribution in [-0.2, 0) is 9.59 Å². The molecule has 1 aromatic rings. The summed E-state index contributed by atoms with van der Waals surface area (Å²) in [7, 11) is 3.98. The molecule has 0 bridgehead atoms. The maximum absolute atomic E-state index is 13.6. The first-order valence-electron chi connectivity index (χ1n) is 13.8. The van der Waals surface area contributed by atoms with Gasteiger partial charge in [-0.25, -0.2) is 0 Å². The molecular formula is C32H36F3NO2. The number of anilines is 1. The van der Waals surface area contributed by atoms with Crippen molar-refractivity contribution < 1.29 is 22.8 Å². The molecule has 2 fully saturated rings. The number of nitrogens with zero attached hydrogens (tertiary/aromatic N) is 1. The molecule has 0 aromatic heterocycles. The van der Waals surface area contributed by atoms with Gasteiger partial charge in [0.2, 0.25) is 0 Å². The largest absolute Gasteiger partial charge is 0.457 e. The van der Waals surface area contributed by atoms with Crippen molar-refractivity contribution >= 4 is 17.3 Å². The number of Topliss-reactive ketones (excluding diaryl/α,β-unsaturated/α-hetero) is 1. The van der Waals surface area contributed by atoms with Crippen molar-refractivity contribution in [1.82, 2.24) is 0 Å². The van der Waals surface area contributed by atoms with Gasteiger partial charge in [-0.05, 0) is 90.7 Å². The lowest BCUT2D eigenvalue weighted by atomic mass is 9.48. The molecule has 5 rings (SSSR count). The van der Waals surface area contributed by atoms with Crippen molar-refractivity contribution in [2.75, 3.05) is 19.0 Å². The first-order valence-corrected chi connectivity index (χ1v) is 13.8. The SMILES string of the molecule is CCC(=O)[C@@]1(C#CC(F)(F)F)CC[C@H]2[C@@H]3CCC4=CC(=O)CCC4=C3[C@@H](c3ccc(N(C)C)cc3)C[C@@]21C. The number of carbonyl (C=O) groups excluding carboxylic acids is 2. The molecule has 1 aromatic carbocycles. The molecule has 0 N–H and O–H groups in total. The van der Waals surface area contributed by atoms with Crippen LogP contribution in [0.15, 0.2) is 47.1 Å². The molecule has 0 saturated heterocycles. The molecule has 0 unspecified atom stereocenters. The standard InChI is InChI=1S/C32H36F3NO2/c1-5-28(38)31(16-17-32(33,34)35)15-14-27-25-12-8-21-18-23(37)11-13-24(21)29(25)26(19-30(27,31)2)20-6-9-22(10-7-20)36(3)4/h6-7,9-10,18,25-27H,5,8,11-15,19H2,1-4H3/t25-,26+,27-,30-,31-/m0/s1.